The van der Waals surface area contributed by atoms with Gasteiger partial charge in [-0.3, -0.25) is 9.59 Å². The number of ketones is 2. The first kappa shape index (κ1) is 14.8. The molecule has 2 rings (SSSR count). The lowest BCUT2D eigenvalue weighted by Crippen LogP contribution is -2.06. The Kier molecular flexibility index (Phi) is 4.08. The van der Waals surface area contributed by atoms with E-state index in [-0.39, 0.29) is 11.6 Å². The number of benzene rings is 2. The molecular formula is C17H18N2O2. The van der Waals surface area contributed by atoms with Gasteiger partial charge in [-0.25, -0.2) is 0 Å². The second-order valence-corrected chi connectivity index (χ2v) is 5.12. The molecule has 0 aliphatic heterocycles. The van der Waals surface area contributed by atoms with Crippen molar-refractivity contribution in [1.29, 1.82) is 0 Å². The molecular weight excluding hydrogens is 264 g/mol. The fraction of sp³-hybridized carbons (Fsp3) is 0.176. The molecule has 0 heterocycles. The highest BCUT2D eigenvalue weighted by atomic mass is 16.1. The first-order valence-corrected chi connectivity index (χ1v) is 6.67. The third kappa shape index (κ3) is 3.28. The molecule has 0 spiro atoms. The molecule has 0 saturated heterocycles. The Morgan fingerprint density at radius 3 is 1.52 bits per heavy atom. The Labute approximate surface area is 123 Å². The summed E-state index contributed by atoms with van der Waals surface area (Å²) in [4.78, 5) is 23.5. The predicted octanol–water partition coefficient (Wildman–Crippen LogP) is 2.85. The molecule has 4 heteroatoms. The number of anilines is 2. The lowest BCUT2D eigenvalue weighted by Gasteiger charge is -2.11. The standard InChI is InChI=1S/C17H18N2O2/c1-10(20)16-8-14(18)5-3-12(16)7-13-4-6-15(19)9-17(13)11(2)21/h3-6,8-9H,7,18-19H2,1-2H3. The van der Waals surface area contributed by atoms with Crippen LogP contribution in [-0.4, -0.2) is 11.6 Å². The molecule has 0 atom stereocenters. The molecule has 2 aromatic rings. The van der Waals surface area contributed by atoms with Gasteiger partial charge in [0.15, 0.2) is 11.6 Å². The van der Waals surface area contributed by atoms with Crippen molar-refractivity contribution in [2.45, 2.75) is 20.3 Å². The van der Waals surface area contributed by atoms with Gasteiger partial charge in [0.05, 0.1) is 0 Å². The van der Waals surface area contributed by atoms with Gasteiger partial charge in [-0.1, -0.05) is 12.1 Å². The molecule has 0 radical (unpaired) electrons. The zero-order valence-electron chi connectivity index (χ0n) is 12.1. The molecule has 0 fully saturated rings. The summed E-state index contributed by atoms with van der Waals surface area (Å²) in [5, 5.41) is 0. The molecule has 0 saturated carbocycles. The zero-order valence-corrected chi connectivity index (χ0v) is 12.1. The maximum absolute atomic E-state index is 11.7. The van der Waals surface area contributed by atoms with Crippen LogP contribution >= 0.6 is 0 Å². The summed E-state index contributed by atoms with van der Waals surface area (Å²) in [6.45, 7) is 3.01. The highest BCUT2D eigenvalue weighted by molar-refractivity contribution is 5.98. The van der Waals surface area contributed by atoms with Crippen molar-refractivity contribution in [2.24, 2.45) is 0 Å². The van der Waals surface area contributed by atoms with Crippen LogP contribution in [0.15, 0.2) is 36.4 Å². The van der Waals surface area contributed by atoms with Gasteiger partial charge in [-0.2, -0.15) is 0 Å². The minimum Gasteiger partial charge on any atom is -0.399 e. The van der Waals surface area contributed by atoms with Crippen molar-refractivity contribution in [1.82, 2.24) is 0 Å². The number of carbonyl (C=O) groups excluding carboxylic acids is 2. The van der Waals surface area contributed by atoms with E-state index in [9.17, 15) is 9.59 Å². The van der Waals surface area contributed by atoms with Gasteiger partial charge < -0.3 is 11.5 Å². The molecule has 0 amide bonds. The number of nitrogen functional groups attached to an aromatic ring is 2. The first-order chi connectivity index (χ1) is 9.88. The van der Waals surface area contributed by atoms with Crippen LogP contribution < -0.4 is 11.5 Å². The third-order valence-electron chi connectivity index (χ3n) is 3.41. The summed E-state index contributed by atoms with van der Waals surface area (Å²) in [6, 6.07) is 10.5. The van der Waals surface area contributed by atoms with Crippen LogP contribution in [0.4, 0.5) is 11.4 Å². The summed E-state index contributed by atoms with van der Waals surface area (Å²) >= 11 is 0. The monoisotopic (exact) mass is 282 g/mol. The van der Waals surface area contributed by atoms with Crippen LogP contribution in [0.1, 0.15) is 45.7 Å². The average Bonchev–Trinajstić information content (AvgIpc) is 2.42. The molecule has 0 unspecified atom stereocenters. The van der Waals surface area contributed by atoms with Crippen LogP contribution in [-0.2, 0) is 6.42 Å². The second kappa shape index (κ2) is 5.79. The molecule has 0 bridgehead atoms. The van der Waals surface area contributed by atoms with E-state index in [1.54, 1.807) is 24.3 Å². The van der Waals surface area contributed by atoms with E-state index >= 15 is 0 Å². The quantitative estimate of drug-likeness (QED) is 0.667. The predicted molar refractivity (Wildman–Crippen MR) is 84.5 cm³/mol. The highest BCUT2D eigenvalue weighted by Gasteiger charge is 2.13. The minimum atomic E-state index is -0.0443. The summed E-state index contributed by atoms with van der Waals surface area (Å²) < 4.78 is 0. The molecule has 4 nitrogen and oxygen atoms in total. The number of nitrogens with two attached hydrogens (primary N) is 2. The van der Waals surface area contributed by atoms with Crippen molar-refractivity contribution in [3.8, 4) is 0 Å². The van der Waals surface area contributed by atoms with E-state index in [2.05, 4.69) is 0 Å². The van der Waals surface area contributed by atoms with Gasteiger partial charge in [0.1, 0.15) is 0 Å². The summed E-state index contributed by atoms with van der Waals surface area (Å²) in [5.74, 6) is -0.0887. The lowest BCUT2D eigenvalue weighted by molar-refractivity contribution is 0.101. The second-order valence-electron chi connectivity index (χ2n) is 5.12. The van der Waals surface area contributed by atoms with Crippen molar-refractivity contribution in [3.63, 3.8) is 0 Å². The van der Waals surface area contributed by atoms with E-state index in [1.807, 2.05) is 12.1 Å². The Hall–Kier alpha value is -2.62. The van der Waals surface area contributed by atoms with Crippen molar-refractivity contribution in [2.75, 3.05) is 11.5 Å². The Bertz CT molecular complexity index is 659. The van der Waals surface area contributed by atoms with E-state index in [4.69, 9.17) is 11.5 Å². The van der Waals surface area contributed by atoms with E-state index in [0.29, 0.717) is 28.9 Å². The SMILES string of the molecule is CC(=O)c1cc(N)ccc1Cc1ccc(N)cc1C(C)=O. The van der Waals surface area contributed by atoms with Gasteiger partial charge in [0.2, 0.25) is 0 Å². The van der Waals surface area contributed by atoms with Crippen LogP contribution in [0, 0.1) is 0 Å². The molecule has 21 heavy (non-hydrogen) atoms. The van der Waals surface area contributed by atoms with Gasteiger partial charge in [-0.05, 0) is 55.7 Å². The van der Waals surface area contributed by atoms with Crippen LogP contribution in [0.25, 0.3) is 0 Å². The Morgan fingerprint density at radius 1 is 0.810 bits per heavy atom. The van der Waals surface area contributed by atoms with Gasteiger partial charge >= 0.3 is 0 Å². The van der Waals surface area contributed by atoms with Crippen LogP contribution in [0.3, 0.4) is 0 Å². The summed E-state index contributed by atoms with van der Waals surface area (Å²) in [7, 11) is 0. The number of carbonyl (C=O) groups is 2. The van der Waals surface area contributed by atoms with Gasteiger partial charge in [0.25, 0.3) is 0 Å². The number of hydrogen-bond acceptors (Lipinski definition) is 4. The summed E-state index contributed by atoms with van der Waals surface area (Å²) in [5.41, 5.74) is 15.4. The largest absolute Gasteiger partial charge is 0.399 e. The summed E-state index contributed by atoms with van der Waals surface area (Å²) in [6.07, 6.45) is 0.490. The fourth-order valence-corrected chi connectivity index (χ4v) is 2.36. The fourth-order valence-electron chi connectivity index (χ4n) is 2.36. The average molecular weight is 282 g/mol. The van der Waals surface area contributed by atoms with E-state index in [1.165, 1.54) is 13.8 Å². The van der Waals surface area contributed by atoms with Crippen molar-refractivity contribution < 1.29 is 9.59 Å². The topological polar surface area (TPSA) is 86.2 Å². The molecule has 108 valence electrons. The minimum absolute atomic E-state index is 0.0443. The smallest absolute Gasteiger partial charge is 0.160 e. The van der Waals surface area contributed by atoms with Crippen molar-refractivity contribution in [3.05, 3.63) is 58.7 Å². The van der Waals surface area contributed by atoms with Gasteiger partial charge in [0, 0.05) is 22.5 Å². The first-order valence-electron chi connectivity index (χ1n) is 6.67. The third-order valence-corrected chi connectivity index (χ3v) is 3.41. The normalized spacial score (nSPS) is 10.4. The van der Waals surface area contributed by atoms with Crippen molar-refractivity contribution >= 4 is 22.9 Å². The van der Waals surface area contributed by atoms with E-state index in [0.717, 1.165) is 11.1 Å². The van der Waals surface area contributed by atoms with E-state index < -0.39 is 0 Å². The molecule has 0 aromatic heterocycles. The molecule has 0 aliphatic carbocycles. The maximum atomic E-state index is 11.7. The highest BCUT2D eigenvalue weighted by Crippen LogP contribution is 2.22. The Balaban J connectivity index is 2.48. The Morgan fingerprint density at radius 2 is 1.19 bits per heavy atom. The maximum Gasteiger partial charge on any atom is 0.160 e. The molecule has 4 N–H and O–H groups in total. The zero-order chi connectivity index (χ0) is 15.6. The van der Waals surface area contributed by atoms with Gasteiger partial charge in [-0.15, -0.1) is 0 Å². The number of rotatable bonds is 4. The number of Topliss-reactive ketones (excluding diaryl/α,β-unsaturated/α-hetero) is 2. The lowest BCUT2D eigenvalue weighted by atomic mass is 9.93. The molecule has 2 aromatic carbocycles. The number of hydrogen-bond donors (Lipinski definition) is 2. The molecule has 0 aliphatic rings. The van der Waals surface area contributed by atoms with Crippen LogP contribution in [0.5, 0.6) is 0 Å². The van der Waals surface area contributed by atoms with Crippen LogP contribution in [0.2, 0.25) is 0 Å².